The highest BCUT2D eigenvalue weighted by molar-refractivity contribution is 5.69. The minimum Gasteiger partial charge on any atom is -0.465 e. The largest absolute Gasteiger partial charge is 0.465 e. The summed E-state index contributed by atoms with van der Waals surface area (Å²) in [5.41, 5.74) is 1.50. The molecule has 1 aromatic carbocycles. The highest BCUT2D eigenvalue weighted by Crippen LogP contribution is 2.32. The van der Waals surface area contributed by atoms with Crippen LogP contribution in [0.3, 0.4) is 0 Å². The number of hydrogen-bond donors (Lipinski definition) is 0. The van der Waals surface area contributed by atoms with Crippen LogP contribution >= 0.6 is 0 Å². The normalized spacial score (nSPS) is 13.2. The summed E-state index contributed by atoms with van der Waals surface area (Å²) in [5, 5.41) is 0. The van der Waals surface area contributed by atoms with Gasteiger partial charge in [0.25, 0.3) is 0 Å². The highest BCUT2D eigenvalue weighted by atomic mass is 16.5. The van der Waals surface area contributed by atoms with Crippen molar-refractivity contribution in [1.29, 1.82) is 0 Å². The van der Waals surface area contributed by atoms with Crippen molar-refractivity contribution in [2.75, 3.05) is 6.61 Å². The van der Waals surface area contributed by atoms with Gasteiger partial charge in [0.15, 0.2) is 0 Å². The third kappa shape index (κ3) is 13.8. The molecule has 1 aromatic rings. The fraction of sp³-hybridized carbons (Fsp3) is 0.750. The molecule has 2 nitrogen and oxygen atoms in total. The van der Waals surface area contributed by atoms with Crippen LogP contribution in [0.15, 0.2) is 30.3 Å². The smallest absolute Gasteiger partial charge is 0.305 e. The lowest BCUT2D eigenvalue weighted by atomic mass is 9.80. The molecule has 0 amide bonds. The maximum Gasteiger partial charge on any atom is 0.305 e. The zero-order valence-electron chi connectivity index (χ0n) is 20.2. The van der Waals surface area contributed by atoms with Crippen LogP contribution in [-0.2, 0) is 16.0 Å². The van der Waals surface area contributed by atoms with Crippen molar-refractivity contribution in [1.82, 2.24) is 0 Å². The van der Waals surface area contributed by atoms with Crippen LogP contribution in [-0.4, -0.2) is 12.6 Å². The zero-order valence-corrected chi connectivity index (χ0v) is 20.2. The van der Waals surface area contributed by atoms with Crippen LogP contribution in [0.5, 0.6) is 0 Å². The summed E-state index contributed by atoms with van der Waals surface area (Å²) < 4.78 is 5.77. The molecule has 0 N–H and O–H groups in total. The van der Waals surface area contributed by atoms with Crippen molar-refractivity contribution in [3.8, 4) is 0 Å². The van der Waals surface area contributed by atoms with E-state index >= 15 is 0 Å². The van der Waals surface area contributed by atoms with Crippen molar-refractivity contribution in [3.05, 3.63) is 35.9 Å². The van der Waals surface area contributed by atoms with E-state index in [9.17, 15) is 4.79 Å². The molecule has 0 radical (unpaired) electrons. The van der Waals surface area contributed by atoms with Gasteiger partial charge in [-0.05, 0) is 37.7 Å². The zero-order chi connectivity index (χ0) is 21.9. The first kappa shape index (κ1) is 26.7. The van der Waals surface area contributed by atoms with Crippen LogP contribution in [0.1, 0.15) is 123 Å². The van der Waals surface area contributed by atoms with Crippen LogP contribution in [0.2, 0.25) is 0 Å². The van der Waals surface area contributed by atoms with Crippen molar-refractivity contribution < 1.29 is 9.53 Å². The van der Waals surface area contributed by atoms with E-state index in [1.807, 2.05) is 6.07 Å². The van der Waals surface area contributed by atoms with Gasteiger partial charge >= 0.3 is 5.97 Å². The van der Waals surface area contributed by atoms with E-state index in [0.29, 0.717) is 13.0 Å². The number of esters is 1. The maximum absolute atomic E-state index is 12.3. The molecule has 0 fully saturated rings. The number of carbonyl (C=O) groups is 1. The van der Waals surface area contributed by atoms with Gasteiger partial charge in [0.05, 0.1) is 6.61 Å². The second kappa shape index (κ2) is 17.4. The monoisotopic (exact) mass is 416 g/mol. The Labute approximate surface area is 187 Å². The molecule has 0 bridgehead atoms. The van der Waals surface area contributed by atoms with Gasteiger partial charge in [0.2, 0.25) is 0 Å². The molecule has 1 atom stereocenters. The average molecular weight is 417 g/mol. The Balaban J connectivity index is 2.30. The third-order valence-electron chi connectivity index (χ3n) is 6.29. The molecule has 0 spiro atoms. The summed E-state index contributed by atoms with van der Waals surface area (Å²) in [6.07, 6.45) is 19.0. The van der Waals surface area contributed by atoms with Gasteiger partial charge < -0.3 is 4.74 Å². The summed E-state index contributed by atoms with van der Waals surface area (Å²) in [5.74, 6) is -0.00853. The van der Waals surface area contributed by atoms with Crippen molar-refractivity contribution in [2.24, 2.45) is 5.41 Å². The van der Waals surface area contributed by atoms with Crippen LogP contribution < -0.4 is 0 Å². The van der Waals surface area contributed by atoms with Crippen molar-refractivity contribution in [3.63, 3.8) is 0 Å². The molecule has 0 aromatic heterocycles. The number of rotatable bonds is 19. The van der Waals surface area contributed by atoms with Crippen LogP contribution in [0.25, 0.3) is 0 Å². The summed E-state index contributed by atoms with van der Waals surface area (Å²) in [6, 6.07) is 10.5. The minimum absolute atomic E-state index is 0.00853. The Kier molecular flexibility index (Phi) is 15.5. The number of unbranched alkanes of at least 4 members (excludes halogenated alkanes) is 9. The van der Waals surface area contributed by atoms with E-state index in [-0.39, 0.29) is 11.4 Å². The quantitative estimate of drug-likeness (QED) is 0.166. The summed E-state index contributed by atoms with van der Waals surface area (Å²) in [4.78, 5) is 12.3. The number of carbonyl (C=O) groups excluding carboxylic acids is 1. The Morgan fingerprint density at radius 2 is 1.33 bits per heavy atom. The van der Waals surface area contributed by atoms with Crippen molar-refractivity contribution in [2.45, 2.75) is 124 Å². The predicted molar refractivity (Wildman–Crippen MR) is 130 cm³/mol. The molecule has 0 heterocycles. The summed E-state index contributed by atoms with van der Waals surface area (Å²) >= 11 is 0. The Morgan fingerprint density at radius 1 is 0.767 bits per heavy atom. The van der Waals surface area contributed by atoms with E-state index in [1.165, 1.54) is 82.6 Å². The fourth-order valence-corrected chi connectivity index (χ4v) is 4.15. The predicted octanol–water partition coefficient (Wildman–Crippen LogP) is 8.67. The molecule has 1 unspecified atom stereocenters. The third-order valence-corrected chi connectivity index (χ3v) is 6.29. The second-order valence-corrected chi connectivity index (χ2v) is 9.49. The first-order valence-corrected chi connectivity index (χ1v) is 12.8. The van der Waals surface area contributed by atoms with Gasteiger partial charge in [-0.3, -0.25) is 4.79 Å². The average Bonchev–Trinajstić information content (AvgIpc) is 2.76. The molecule has 172 valence electrons. The molecule has 1 rings (SSSR count). The lowest BCUT2D eigenvalue weighted by Crippen LogP contribution is -2.25. The van der Waals surface area contributed by atoms with E-state index in [1.54, 1.807) is 0 Å². The number of benzene rings is 1. The maximum atomic E-state index is 12.3. The molecule has 0 aliphatic carbocycles. The number of aryl methyl sites for hydroxylation is 1. The van der Waals surface area contributed by atoms with Crippen molar-refractivity contribution >= 4 is 5.97 Å². The Bertz CT molecular complexity index is 525. The molecular weight excluding hydrogens is 368 g/mol. The molecule has 0 saturated heterocycles. The minimum atomic E-state index is -0.00853. The number of hydrogen-bond acceptors (Lipinski definition) is 2. The van der Waals surface area contributed by atoms with E-state index in [0.717, 1.165) is 19.3 Å². The standard InChI is InChI=1S/C28H48O2/c1-4-6-8-10-11-18-24-28(3,23-17-9-7-5-2)25-30-27(29)22-16-15-21-26-19-13-12-14-20-26/h12-14,19-20H,4-11,15-18,21-25H2,1-3H3. The van der Waals surface area contributed by atoms with E-state index < -0.39 is 0 Å². The molecule has 2 heteroatoms. The van der Waals surface area contributed by atoms with Gasteiger partial charge in [-0.25, -0.2) is 0 Å². The molecule has 30 heavy (non-hydrogen) atoms. The van der Waals surface area contributed by atoms with E-state index in [2.05, 4.69) is 45.0 Å². The number of ether oxygens (including phenoxy) is 1. The first-order valence-electron chi connectivity index (χ1n) is 12.8. The van der Waals surface area contributed by atoms with Gasteiger partial charge in [-0.15, -0.1) is 0 Å². The van der Waals surface area contributed by atoms with Gasteiger partial charge in [-0.2, -0.15) is 0 Å². The molecule has 0 aliphatic heterocycles. The summed E-state index contributed by atoms with van der Waals surface area (Å²) in [6.45, 7) is 7.47. The highest BCUT2D eigenvalue weighted by Gasteiger charge is 2.25. The fourth-order valence-electron chi connectivity index (χ4n) is 4.15. The Hall–Kier alpha value is -1.31. The van der Waals surface area contributed by atoms with Crippen LogP contribution in [0.4, 0.5) is 0 Å². The molecular formula is C28H48O2. The SMILES string of the molecule is CCCCCCCCC(C)(CCCCCC)COC(=O)CCCCc1ccccc1. The van der Waals surface area contributed by atoms with Gasteiger partial charge in [0.1, 0.15) is 0 Å². The lowest BCUT2D eigenvalue weighted by molar-refractivity contribution is -0.147. The Morgan fingerprint density at radius 3 is 1.97 bits per heavy atom. The molecule has 0 aliphatic rings. The first-order chi connectivity index (χ1) is 14.6. The second-order valence-electron chi connectivity index (χ2n) is 9.49. The van der Waals surface area contributed by atoms with Gasteiger partial charge in [-0.1, -0.05) is 115 Å². The molecule has 0 saturated carbocycles. The van der Waals surface area contributed by atoms with Crippen LogP contribution in [0, 0.1) is 5.41 Å². The van der Waals surface area contributed by atoms with Gasteiger partial charge in [0, 0.05) is 11.8 Å². The lowest BCUT2D eigenvalue weighted by Gasteiger charge is -2.29. The summed E-state index contributed by atoms with van der Waals surface area (Å²) in [7, 11) is 0. The topological polar surface area (TPSA) is 26.3 Å². The van der Waals surface area contributed by atoms with E-state index in [4.69, 9.17) is 4.74 Å².